The summed E-state index contributed by atoms with van der Waals surface area (Å²) >= 11 is 1.31. The maximum Gasteiger partial charge on any atom is 0.318 e. The molecule has 0 aliphatic rings. The average molecular weight is 420 g/mol. The number of hydrogen-bond acceptors (Lipinski definition) is 5. The van der Waals surface area contributed by atoms with Gasteiger partial charge in [-0.15, -0.1) is 10.2 Å². The maximum absolute atomic E-state index is 12.5. The van der Waals surface area contributed by atoms with Crippen LogP contribution in [0.3, 0.4) is 0 Å². The monoisotopic (exact) mass is 419 g/mol. The lowest BCUT2D eigenvalue weighted by molar-refractivity contribution is -0.893. The second-order valence-electron chi connectivity index (χ2n) is 7.59. The standard InChI is InChI=1S/C20H30N6O2S/c1-6-15(25(4)5)17-23-24-20(26(17)12-14-10-8-7-9-11-14)29-16(13(2)3)18(27)22-19(21)28/h7-11,13,15-16H,6,12H2,1-5H3,(H3,21,22,27,28)/p+1/t15-,16+/m1/s1. The number of urea groups is 1. The SMILES string of the molecule is CC[C@H](c1nnc(S[C@H](C(=O)NC(N)=O)C(C)C)n1Cc1ccccc1)[NH+](C)C. The molecule has 3 amide bonds. The van der Waals surface area contributed by atoms with Gasteiger partial charge in [0.15, 0.2) is 11.0 Å². The fourth-order valence-electron chi connectivity index (χ4n) is 3.21. The number of benzene rings is 1. The van der Waals surface area contributed by atoms with Crippen LogP contribution >= 0.6 is 11.8 Å². The predicted molar refractivity (Wildman–Crippen MR) is 114 cm³/mol. The molecule has 8 nitrogen and oxygen atoms in total. The van der Waals surface area contributed by atoms with Gasteiger partial charge in [-0.1, -0.05) is 62.9 Å². The van der Waals surface area contributed by atoms with E-state index in [4.69, 9.17) is 5.73 Å². The third-order valence-electron chi connectivity index (χ3n) is 4.69. The van der Waals surface area contributed by atoms with Crippen molar-refractivity contribution >= 4 is 23.7 Å². The molecule has 0 aliphatic heterocycles. The van der Waals surface area contributed by atoms with Gasteiger partial charge in [0.25, 0.3) is 0 Å². The zero-order valence-corrected chi connectivity index (χ0v) is 18.5. The zero-order valence-electron chi connectivity index (χ0n) is 17.7. The van der Waals surface area contributed by atoms with Crippen LogP contribution in [0.4, 0.5) is 4.79 Å². The number of nitrogens with two attached hydrogens (primary N) is 1. The number of imide groups is 1. The van der Waals surface area contributed by atoms with Gasteiger partial charge in [0.2, 0.25) is 5.91 Å². The molecule has 2 atom stereocenters. The summed E-state index contributed by atoms with van der Waals surface area (Å²) in [7, 11) is 4.19. The average Bonchev–Trinajstić information content (AvgIpc) is 3.02. The summed E-state index contributed by atoms with van der Waals surface area (Å²) in [4.78, 5) is 24.9. The molecule has 1 heterocycles. The highest BCUT2D eigenvalue weighted by Gasteiger charge is 2.30. The molecule has 0 spiro atoms. The molecular formula is C20H31N6O2S+. The Morgan fingerprint density at radius 3 is 2.38 bits per heavy atom. The Balaban J connectivity index is 2.43. The lowest BCUT2D eigenvalue weighted by Gasteiger charge is -2.22. The molecule has 4 N–H and O–H groups in total. The predicted octanol–water partition coefficient (Wildman–Crippen LogP) is 1.23. The van der Waals surface area contributed by atoms with E-state index in [9.17, 15) is 9.59 Å². The van der Waals surface area contributed by atoms with Gasteiger partial charge in [-0.3, -0.25) is 14.7 Å². The molecule has 0 aliphatic carbocycles. The number of carbonyl (C=O) groups is 2. The van der Waals surface area contributed by atoms with Crippen molar-refractivity contribution in [1.29, 1.82) is 0 Å². The minimum atomic E-state index is -0.852. The van der Waals surface area contributed by atoms with Crippen LogP contribution in [0.25, 0.3) is 0 Å². The summed E-state index contributed by atoms with van der Waals surface area (Å²) in [5.74, 6) is 0.446. The van der Waals surface area contributed by atoms with E-state index in [0.29, 0.717) is 11.7 Å². The van der Waals surface area contributed by atoms with Crippen LogP contribution in [0.2, 0.25) is 0 Å². The molecule has 0 unspecified atom stereocenters. The molecule has 2 aromatic rings. The summed E-state index contributed by atoms with van der Waals surface area (Å²) in [6.45, 7) is 6.59. The number of nitrogens with one attached hydrogen (secondary N) is 2. The van der Waals surface area contributed by atoms with E-state index in [1.54, 1.807) is 0 Å². The van der Waals surface area contributed by atoms with Crippen LogP contribution in [0.5, 0.6) is 0 Å². The van der Waals surface area contributed by atoms with Crippen LogP contribution in [-0.2, 0) is 11.3 Å². The molecule has 0 radical (unpaired) electrons. The minimum Gasteiger partial charge on any atom is -0.351 e. The number of aromatic nitrogens is 3. The molecule has 0 saturated heterocycles. The first kappa shape index (κ1) is 22.9. The molecule has 2 rings (SSSR count). The van der Waals surface area contributed by atoms with E-state index in [-0.39, 0.29) is 12.0 Å². The first-order valence-electron chi connectivity index (χ1n) is 9.78. The Bertz CT molecular complexity index is 822. The largest absolute Gasteiger partial charge is 0.351 e. The first-order valence-corrected chi connectivity index (χ1v) is 10.7. The number of quaternary nitrogens is 1. The van der Waals surface area contributed by atoms with E-state index in [1.165, 1.54) is 16.7 Å². The Morgan fingerprint density at radius 1 is 1.21 bits per heavy atom. The molecule has 9 heteroatoms. The summed E-state index contributed by atoms with van der Waals surface area (Å²) in [6.07, 6.45) is 0.912. The van der Waals surface area contributed by atoms with Gasteiger partial charge in [0, 0.05) is 6.42 Å². The van der Waals surface area contributed by atoms with E-state index >= 15 is 0 Å². The molecule has 158 valence electrons. The molecular weight excluding hydrogens is 388 g/mol. The molecule has 1 aromatic heterocycles. The summed E-state index contributed by atoms with van der Waals surface area (Å²) in [6, 6.07) is 9.42. The number of primary amides is 1. The quantitative estimate of drug-likeness (QED) is 0.530. The van der Waals surface area contributed by atoms with E-state index in [0.717, 1.165) is 17.8 Å². The number of carbonyl (C=O) groups excluding carboxylic acids is 2. The topological polar surface area (TPSA) is 107 Å². The first-order chi connectivity index (χ1) is 13.7. The van der Waals surface area contributed by atoms with Gasteiger partial charge in [-0.25, -0.2) is 4.79 Å². The zero-order chi connectivity index (χ0) is 21.6. The smallest absolute Gasteiger partial charge is 0.318 e. The highest BCUT2D eigenvalue weighted by Crippen LogP contribution is 2.29. The second-order valence-corrected chi connectivity index (χ2v) is 8.70. The molecule has 0 bridgehead atoms. The van der Waals surface area contributed by atoms with Gasteiger partial charge >= 0.3 is 6.03 Å². The van der Waals surface area contributed by atoms with Crippen molar-refractivity contribution in [3.63, 3.8) is 0 Å². The highest BCUT2D eigenvalue weighted by atomic mass is 32.2. The van der Waals surface area contributed by atoms with E-state index in [1.807, 2.05) is 32.0 Å². The fourth-order valence-corrected chi connectivity index (χ4v) is 4.25. The lowest BCUT2D eigenvalue weighted by atomic mass is 10.1. The van der Waals surface area contributed by atoms with Crippen LogP contribution in [-0.4, -0.2) is 46.0 Å². The van der Waals surface area contributed by atoms with Crippen molar-refractivity contribution in [2.24, 2.45) is 11.7 Å². The lowest BCUT2D eigenvalue weighted by Crippen LogP contribution is -3.06. The van der Waals surface area contributed by atoms with Gasteiger partial charge < -0.3 is 10.6 Å². The Labute approximate surface area is 176 Å². The number of thioether (sulfide) groups is 1. The van der Waals surface area contributed by atoms with Crippen LogP contribution < -0.4 is 16.0 Å². The number of amides is 3. The third-order valence-corrected chi connectivity index (χ3v) is 6.21. The van der Waals surface area contributed by atoms with E-state index < -0.39 is 17.2 Å². The Hall–Kier alpha value is -2.39. The fraction of sp³-hybridized carbons (Fsp3) is 0.500. The number of hydrogen-bond donors (Lipinski definition) is 3. The van der Waals surface area contributed by atoms with Crippen LogP contribution in [0.1, 0.15) is 44.6 Å². The van der Waals surface area contributed by atoms with Crippen LogP contribution in [0.15, 0.2) is 35.5 Å². The number of nitrogens with zero attached hydrogens (tertiary/aromatic N) is 3. The van der Waals surface area contributed by atoms with Crippen molar-refractivity contribution in [1.82, 2.24) is 20.1 Å². The molecule has 1 aromatic carbocycles. The molecule has 29 heavy (non-hydrogen) atoms. The van der Waals surface area contributed by atoms with Gasteiger partial charge in [0.1, 0.15) is 6.04 Å². The van der Waals surface area contributed by atoms with Gasteiger partial charge in [-0.2, -0.15) is 0 Å². The molecule has 0 fully saturated rings. The summed E-state index contributed by atoms with van der Waals surface area (Å²) in [5, 5.41) is 11.2. The summed E-state index contributed by atoms with van der Waals surface area (Å²) in [5.41, 5.74) is 6.26. The highest BCUT2D eigenvalue weighted by molar-refractivity contribution is 8.00. The van der Waals surface area contributed by atoms with Crippen LogP contribution in [0, 0.1) is 5.92 Å². The van der Waals surface area contributed by atoms with Crippen molar-refractivity contribution < 1.29 is 14.5 Å². The Kier molecular flexibility index (Phi) is 8.21. The molecule has 0 saturated carbocycles. The second kappa shape index (κ2) is 10.4. The Morgan fingerprint density at radius 2 is 1.86 bits per heavy atom. The van der Waals surface area contributed by atoms with Crippen molar-refractivity contribution in [2.75, 3.05) is 14.1 Å². The van der Waals surface area contributed by atoms with Crippen molar-refractivity contribution in [3.8, 4) is 0 Å². The summed E-state index contributed by atoms with van der Waals surface area (Å²) < 4.78 is 2.08. The van der Waals surface area contributed by atoms with E-state index in [2.05, 4.69) is 53.2 Å². The number of rotatable bonds is 9. The maximum atomic E-state index is 12.5. The van der Waals surface area contributed by atoms with Crippen molar-refractivity contribution in [2.45, 2.75) is 50.2 Å². The minimum absolute atomic E-state index is 0.0221. The van der Waals surface area contributed by atoms with Gasteiger partial charge in [-0.05, 0) is 11.5 Å². The van der Waals surface area contributed by atoms with Gasteiger partial charge in [0.05, 0.1) is 25.9 Å². The third kappa shape index (κ3) is 6.04. The normalized spacial score (nSPS) is 13.5. The van der Waals surface area contributed by atoms with Crippen molar-refractivity contribution in [3.05, 3.63) is 41.7 Å².